The van der Waals surface area contributed by atoms with Gasteiger partial charge in [0.25, 0.3) is 0 Å². The number of rotatable bonds is 8. The lowest BCUT2D eigenvalue weighted by atomic mass is 9.80. The largest absolute Gasteiger partial charge is 0.368 e. The molecule has 1 nitrogen and oxygen atoms in total. The van der Waals surface area contributed by atoms with Crippen LogP contribution in [-0.4, -0.2) is 11.2 Å². The summed E-state index contributed by atoms with van der Waals surface area (Å²) in [5, 5.41) is 0. The molecular formula is C16H34O. The molecule has 0 aliphatic carbocycles. The zero-order chi connectivity index (χ0) is 13.7. The molecule has 1 heteroatoms. The fourth-order valence-corrected chi connectivity index (χ4v) is 3.06. The summed E-state index contributed by atoms with van der Waals surface area (Å²) in [4.78, 5) is 0. The molecule has 0 amide bonds. The lowest BCUT2D eigenvalue weighted by Crippen LogP contribution is -2.49. The smallest absolute Gasteiger partial charge is 0.0707 e. The molecule has 0 aromatic carbocycles. The van der Waals surface area contributed by atoms with Crippen LogP contribution >= 0.6 is 0 Å². The van der Waals surface area contributed by atoms with Crippen molar-refractivity contribution in [1.29, 1.82) is 0 Å². The van der Waals surface area contributed by atoms with E-state index in [1.54, 1.807) is 0 Å². The van der Waals surface area contributed by atoms with Gasteiger partial charge < -0.3 is 4.74 Å². The van der Waals surface area contributed by atoms with Gasteiger partial charge in [-0.05, 0) is 37.5 Å². The van der Waals surface area contributed by atoms with Crippen LogP contribution in [0.1, 0.15) is 81.1 Å². The average Bonchev–Trinajstić information content (AvgIpc) is 2.31. The van der Waals surface area contributed by atoms with Crippen LogP contribution in [0, 0.1) is 11.8 Å². The van der Waals surface area contributed by atoms with E-state index in [0.717, 1.165) is 25.7 Å². The van der Waals surface area contributed by atoms with Crippen molar-refractivity contribution in [3.05, 3.63) is 0 Å². The van der Waals surface area contributed by atoms with Gasteiger partial charge in [-0.2, -0.15) is 0 Å². The molecule has 104 valence electrons. The molecule has 0 aromatic rings. The zero-order valence-corrected chi connectivity index (χ0v) is 13.4. The Morgan fingerprint density at radius 3 is 1.00 bits per heavy atom. The van der Waals surface area contributed by atoms with Crippen molar-refractivity contribution in [3.63, 3.8) is 0 Å². The van der Waals surface area contributed by atoms with Gasteiger partial charge in [-0.15, -0.1) is 0 Å². The second-order valence-corrected chi connectivity index (χ2v) is 5.96. The number of hydrogen-bond acceptors (Lipinski definition) is 1. The molecule has 17 heavy (non-hydrogen) atoms. The highest BCUT2D eigenvalue weighted by Gasteiger charge is 2.41. The lowest BCUT2D eigenvalue weighted by molar-refractivity contribution is -0.202. The van der Waals surface area contributed by atoms with Gasteiger partial charge in [0, 0.05) is 0 Å². The maximum Gasteiger partial charge on any atom is 0.0707 e. The molecule has 0 radical (unpaired) electrons. The highest BCUT2D eigenvalue weighted by Crippen LogP contribution is 2.40. The first-order valence-electron chi connectivity index (χ1n) is 7.54. The second-order valence-electron chi connectivity index (χ2n) is 5.96. The Balaban J connectivity index is 5.18. The summed E-state index contributed by atoms with van der Waals surface area (Å²) >= 11 is 0. The third-order valence-electron chi connectivity index (χ3n) is 4.90. The molecular weight excluding hydrogens is 208 g/mol. The Hall–Kier alpha value is -0.0400. The van der Waals surface area contributed by atoms with E-state index in [2.05, 4.69) is 55.4 Å². The average molecular weight is 242 g/mol. The second kappa shape index (κ2) is 6.78. The van der Waals surface area contributed by atoms with E-state index in [1.807, 2.05) is 0 Å². The van der Waals surface area contributed by atoms with Crippen molar-refractivity contribution < 1.29 is 4.74 Å². The summed E-state index contributed by atoms with van der Waals surface area (Å²) in [6.07, 6.45) is 4.43. The summed E-state index contributed by atoms with van der Waals surface area (Å²) in [5.41, 5.74) is 0.104. The van der Waals surface area contributed by atoms with Crippen LogP contribution in [0.5, 0.6) is 0 Å². The molecule has 0 aliphatic rings. The first-order valence-corrected chi connectivity index (χ1v) is 7.54. The first kappa shape index (κ1) is 17.0. The minimum absolute atomic E-state index is 0.0519. The molecule has 0 saturated heterocycles. The molecule has 0 aliphatic heterocycles. The van der Waals surface area contributed by atoms with Crippen molar-refractivity contribution in [2.24, 2.45) is 11.8 Å². The molecule has 0 aromatic heterocycles. The van der Waals surface area contributed by atoms with Gasteiger partial charge in [0.1, 0.15) is 0 Å². The zero-order valence-electron chi connectivity index (χ0n) is 13.4. The molecule has 0 heterocycles. The molecule has 0 N–H and O–H groups in total. The van der Waals surface area contributed by atoms with E-state index >= 15 is 0 Å². The third kappa shape index (κ3) is 3.47. The van der Waals surface area contributed by atoms with Crippen molar-refractivity contribution in [2.75, 3.05) is 0 Å². The van der Waals surface area contributed by atoms with E-state index in [9.17, 15) is 0 Å². The predicted molar refractivity (Wildman–Crippen MR) is 77.4 cm³/mol. The van der Waals surface area contributed by atoms with E-state index in [0.29, 0.717) is 11.8 Å². The summed E-state index contributed by atoms with van der Waals surface area (Å²) in [7, 11) is 0. The molecule has 0 unspecified atom stereocenters. The Morgan fingerprint density at radius 2 is 0.882 bits per heavy atom. The SMILES string of the molecule is CCC(CC)(OC(CC)(CC)C(C)C)C(C)C. The first-order chi connectivity index (χ1) is 7.84. The maximum absolute atomic E-state index is 6.75. The molecule has 0 spiro atoms. The van der Waals surface area contributed by atoms with Gasteiger partial charge in [0.05, 0.1) is 11.2 Å². The summed E-state index contributed by atoms with van der Waals surface area (Å²) < 4.78 is 6.75. The summed E-state index contributed by atoms with van der Waals surface area (Å²) in [5.74, 6) is 1.16. The molecule has 0 bridgehead atoms. The van der Waals surface area contributed by atoms with E-state index in [1.165, 1.54) is 0 Å². The van der Waals surface area contributed by atoms with Crippen molar-refractivity contribution >= 4 is 0 Å². The number of hydrogen-bond donors (Lipinski definition) is 0. The van der Waals surface area contributed by atoms with E-state index in [-0.39, 0.29) is 11.2 Å². The van der Waals surface area contributed by atoms with Gasteiger partial charge in [0.15, 0.2) is 0 Å². The minimum Gasteiger partial charge on any atom is -0.368 e. The standard InChI is InChI=1S/C16H34O/c1-9-15(10-2,13(5)6)17-16(11-3,12-4)14(7)8/h13-14H,9-12H2,1-8H3. The van der Waals surface area contributed by atoms with Gasteiger partial charge in [-0.25, -0.2) is 0 Å². The van der Waals surface area contributed by atoms with Crippen molar-refractivity contribution in [1.82, 2.24) is 0 Å². The quantitative estimate of drug-likeness (QED) is 0.551. The van der Waals surface area contributed by atoms with Crippen LogP contribution in [-0.2, 0) is 4.74 Å². The molecule has 0 atom stereocenters. The van der Waals surface area contributed by atoms with Gasteiger partial charge >= 0.3 is 0 Å². The van der Waals surface area contributed by atoms with Crippen LogP contribution in [0.15, 0.2) is 0 Å². The molecule has 0 fully saturated rings. The Morgan fingerprint density at radius 1 is 0.647 bits per heavy atom. The highest BCUT2D eigenvalue weighted by molar-refractivity contribution is 4.90. The van der Waals surface area contributed by atoms with E-state index in [4.69, 9.17) is 4.74 Å². The maximum atomic E-state index is 6.75. The van der Waals surface area contributed by atoms with Gasteiger partial charge in [0.2, 0.25) is 0 Å². The van der Waals surface area contributed by atoms with E-state index < -0.39 is 0 Å². The Labute approximate surface area is 109 Å². The fraction of sp³-hybridized carbons (Fsp3) is 1.00. The highest BCUT2D eigenvalue weighted by atomic mass is 16.5. The van der Waals surface area contributed by atoms with Crippen LogP contribution in [0.2, 0.25) is 0 Å². The minimum atomic E-state index is 0.0519. The monoisotopic (exact) mass is 242 g/mol. The van der Waals surface area contributed by atoms with Crippen LogP contribution in [0.3, 0.4) is 0 Å². The predicted octanol–water partition coefficient (Wildman–Crippen LogP) is 5.43. The summed E-state index contributed by atoms with van der Waals surface area (Å²) in [6, 6.07) is 0. The lowest BCUT2D eigenvalue weighted by Gasteiger charge is -2.47. The fourth-order valence-electron chi connectivity index (χ4n) is 3.06. The molecule has 0 rings (SSSR count). The number of ether oxygens (including phenoxy) is 1. The topological polar surface area (TPSA) is 9.23 Å². The van der Waals surface area contributed by atoms with Gasteiger partial charge in [-0.3, -0.25) is 0 Å². The molecule has 0 saturated carbocycles. The van der Waals surface area contributed by atoms with Gasteiger partial charge in [-0.1, -0.05) is 55.4 Å². The summed E-state index contributed by atoms with van der Waals surface area (Å²) in [6.45, 7) is 18.2. The van der Waals surface area contributed by atoms with Crippen molar-refractivity contribution in [2.45, 2.75) is 92.3 Å². The van der Waals surface area contributed by atoms with Crippen LogP contribution in [0.25, 0.3) is 0 Å². The Bertz CT molecular complexity index is 176. The Kier molecular flexibility index (Phi) is 6.76. The van der Waals surface area contributed by atoms with Crippen LogP contribution in [0.4, 0.5) is 0 Å². The van der Waals surface area contributed by atoms with Crippen LogP contribution < -0.4 is 0 Å². The van der Waals surface area contributed by atoms with Crippen molar-refractivity contribution in [3.8, 4) is 0 Å². The normalized spacial score (nSPS) is 13.8. The third-order valence-corrected chi connectivity index (χ3v) is 4.90.